The van der Waals surface area contributed by atoms with E-state index in [0.717, 1.165) is 9.87 Å². The lowest BCUT2D eigenvalue weighted by Crippen LogP contribution is -2.35. The van der Waals surface area contributed by atoms with Crippen molar-refractivity contribution in [3.63, 3.8) is 0 Å². The predicted molar refractivity (Wildman–Crippen MR) is 128 cm³/mol. The van der Waals surface area contributed by atoms with Crippen molar-refractivity contribution in [1.82, 2.24) is 10.3 Å². The molecule has 0 saturated heterocycles. The van der Waals surface area contributed by atoms with Crippen LogP contribution in [-0.2, 0) is 0 Å². The Labute approximate surface area is 195 Å². The maximum absolute atomic E-state index is 13.1. The van der Waals surface area contributed by atoms with Gasteiger partial charge >= 0.3 is 12.0 Å². The van der Waals surface area contributed by atoms with E-state index in [2.05, 4.69) is 23.1 Å². The number of amides is 2. The first kappa shape index (κ1) is 22.3. The summed E-state index contributed by atoms with van der Waals surface area (Å²) in [5.74, 6) is -0.521. The number of urea groups is 1. The Bertz CT molecular complexity index is 1290. The van der Waals surface area contributed by atoms with Gasteiger partial charge in [-0.2, -0.15) is 0 Å². The van der Waals surface area contributed by atoms with Gasteiger partial charge < -0.3 is 10.1 Å². The molecule has 0 bridgehead atoms. The summed E-state index contributed by atoms with van der Waals surface area (Å²) in [5, 5.41) is 3.50. The summed E-state index contributed by atoms with van der Waals surface area (Å²) in [5.41, 5.74) is 2.36. The molecule has 1 N–H and O–H groups in total. The van der Waals surface area contributed by atoms with Crippen LogP contribution >= 0.6 is 12.8 Å². The number of fused-ring (bicyclic) bond motifs is 1. The molecule has 6 nitrogen and oxygen atoms in total. The van der Waals surface area contributed by atoms with Crippen LogP contribution in [0.25, 0.3) is 10.9 Å². The number of anilines is 1. The Hall–Kier alpha value is -3.91. The normalized spacial score (nSPS) is 11.6. The fourth-order valence-corrected chi connectivity index (χ4v) is 3.48. The van der Waals surface area contributed by atoms with E-state index in [1.54, 1.807) is 55.6 Å². The van der Waals surface area contributed by atoms with Gasteiger partial charge in [-0.1, -0.05) is 43.1 Å². The Morgan fingerprint density at radius 3 is 2.42 bits per heavy atom. The van der Waals surface area contributed by atoms with Gasteiger partial charge in [-0.25, -0.2) is 18.3 Å². The number of thiol groups is 1. The molecule has 1 unspecified atom stereocenters. The SMILES string of the molecule is CC(NC(=O)N(S)c1ccc(OC(=O)c2ccnc3ccccc23)cc1)c1ccc(F)cc1. The van der Waals surface area contributed by atoms with Crippen LogP contribution in [0.3, 0.4) is 0 Å². The third-order valence-electron chi connectivity index (χ3n) is 5.06. The molecule has 0 radical (unpaired) electrons. The average molecular weight is 462 g/mol. The number of ether oxygens (including phenoxy) is 1. The lowest BCUT2D eigenvalue weighted by Gasteiger charge is -2.20. The van der Waals surface area contributed by atoms with E-state index >= 15 is 0 Å². The van der Waals surface area contributed by atoms with Gasteiger partial charge in [0.05, 0.1) is 22.8 Å². The van der Waals surface area contributed by atoms with E-state index in [9.17, 15) is 14.0 Å². The number of nitrogens with zero attached hydrogens (tertiary/aromatic N) is 2. The smallest absolute Gasteiger partial charge is 0.344 e. The second-order valence-corrected chi connectivity index (χ2v) is 7.69. The first-order chi connectivity index (χ1) is 15.9. The summed E-state index contributed by atoms with van der Waals surface area (Å²) in [6, 6.07) is 20.4. The number of hydrogen-bond acceptors (Lipinski definition) is 5. The van der Waals surface area contributed by atoms with Crippen LogP contribution in [-0.4, -0.2) is 17.0 Å². The topological polar surface area (TPSA) is 71.5 Å². The summed E-state index contributed by atoms with van der Waals surface area (Å²) >= 11 is 4.27. The Morgan fingerprint density at radius 2 is 1.70 bits per heavy atom. The average Bonchev–Trinajstić information content (AvgIpc) is 2.84. The highest BCUT2D eigenvalue weighted by atomic mass is 32.1. The van der Waals surface area contributed by atoms with Crippen LogP contribution in [0.4, 0.5) is 14.9 Å². The fraction of sp³-hybridized carbons (Fsp3) is 0.0800. The molecule has 33 heavy (non-hydrogen) atoms. The van der Waals surface area contributed by atoms with E-state index in [0.29, 0.717) is 27.9 Å². The number of esters is 1. The van der Waals surface area contributed by atoms with E-state index in [-0.39, 0.29) is 11.9 Å². The van der Waals surface area contributed by atoms with Crippen molar-refractivity contribution >= 4 is 41.4 Å². The van der Waals surface area contributed by atoms with E-state index in [1.807, 2.05) is 24.3 Å². The number of aromatic nitrogens is 1. The van der Waals surface area contributed by atoms with Gasteiger partial charge in [-0.3, -0.25) is 4.98 Å². The van der Waals surface area contributed by atoms with Crippen LogP contribution in [0.2, 0.25) is 0 Å². The molecular formula is C25H20FN3O3S. The van der Waals surface area contributed by atoms with E-state index in [4.69, 9.17) is 4.74 Å². The molecule has 0 fully saturated rings. The lowest BCUT2D eigenvalue weighted by atomic mass is 10.1. The zero-order chi connectivity index (χ0) is 23.4. The minimum Gasteiger partial charge on any atom is -0.423 e. The van der Waals surface area contributed by atoms with Gasteiger partial charge in [0.2, 0.25) is 0 Å². The van der Waals surface area contributed by atoms with Gasteiger partial charge in [0.25, 0.3) is 0 Å². The highest BCUT2D eigenvalue weighted by Crippen LogP contribution is 2.24. The highest BCUT2D eigenvalue weighted by Gasteiger charge is 2.17. The van der Waals surface area contributed by atoms with Crippen molar-refractivity contribution in [3.8, 4) is 5.75 Å². The molecule has 4 aromatic rings. The van der Waals surface area contributed by atoms with Crippen molar-refractivity contribution in [2.45, 2.75) is 13.0 Å². The Balaban J connectivity index is 1.41. The zero-order valence-corrected chi connectivity index (χ0v) is 18.5. The summed E-state index contributed by atoms with van der Waals surface area (Å²) in [7, 11) is 0. The number of benzene rings is 3. The molecule has 4 rings (SSSR count). The third-order valence-corrected chi connectivity index (χ3v) is 5.48. The van der Waals surface area contributed by atoms with Crippen molar-refractivity contribution in [2.75, 3.05) is 4.31 Å². The van der Waals surface area contributed by atoms with Crippen LogP contribution in [0.1, 0.15) is 28.9 Å². The van der Waals surface area contributed by atoms with Gasteiger partial charge in [0, 0.05) is 11.6 Å². The van der Waals surface area contributed by atoms with Gasteiger partial charge in [0.15, 0.2) is 0 Å². The number of rotatable bonds is 5. The summed E-state index contributed by atoms with van der Waals surface area (Å²) in [6.45, 7) is 1.79. The van der Waals surface area contributed by atoms with Crippen molar-refractivity contribution < 1.29 is 18.7 Å². The molecular weight excluding hydrogens is 441 g/mol. The van der Waals surface area contributed by atoms with Crippen LogP contribution in [0, 0.1) is 5.82 Å². The molecule has 3 aromatic carbocycles. The monoisotopic (exact) mass is 461 g/mol. The zero-order valence-electron chi connectivity index (χ0n) is 17.6. The summed E-state index contributed by atoms with van der Waals surface area (Å²) in [6.07, 6.45) is 1.56. The standard InChI is InChI=1S/C25H20FN3O3S/c1-16(17-6-8-18(26)9-7-17)28-25(31)29(33)19-10-12-20(13-11-19)32-24(30)22-14-15-27-23-5-3-2-4-21(22)23/h2-16,33H,1H3,(H,28,31). The molecule has 0 aliphatic rings. The minimum atomic E-state index is -0.505. The maximum Gasteiger partial charge on any atom is 0.344 e. The number of nitrogens with one attached hydrogen (secondary N) is 1. The predicted octanol–water partition coefficient (Wildman–Crippen LogP) is 5.72. The highest BCUT2D eigenvalue weighted by molar-refractivity contribution is 7.82. The second kappa shape index (κ2) is 9.70. The Kier molecular flexibility index (Phi) is 6.55. The number of hydrogen-bond donors (Lipinski definition) is 2. The number of pyridine rings is 1. The van der Waals surface area contributed by atoms with Crippen molar-refractivity contribution in [1.29, 1.82) is 0 Å². The first-order valence-electron chi connectivity index (χ1n) is 10.1. The van der Waals surface area contributed by atoms with E-state index in [1.165, 1.54) is 12.1 Å². The van der Waals surface area contributed by atoms with Gasteiger partial charge in [-0.15, -0.1) is 0 Å². The molecule has 1 atom stereocenters. The number of halogens is 1. The first-order valence-corrected chi connectivity index (χ1v) is 10.5. The Morgan fingerprint density at radius 1 is 1.00 bits per heavy atom. The molecule has 1 heterocycles. The third kappa shape index (κ3) is 5.12. The molecule has 2 amide bonds. The molecule has 1 aromatic heterocycles. The molecule has 8 heteroatoms. The fourth-order valence-electron chi connectivity index (χ4n) is 3.29. The van der Waals surface area contributed by atoms with Crippen LogP contribution in [0.15, 0.2) is 85.1 Å². The maximum atomic E-state index is 13.1. The minimum absolute atomic E-state index is 0.325. The molecule has 166 valence electrons. The molecule has 0 aliphatic carbocycles. The quantitative estimate of drug-likeness (QED) is 0.227. The van der Waals surface area contributed by atoms with Gasteiger partial charge in [-0.05, 0) is 61.0 Å². The number of para-hydroxylation sites is 1. The lowest BCUT2D eigenvalue weighted by molar-refractivity contribution is 0.0736. The molecule has 0 saturated carbocycles. The van der Waals surface area contributed by atoms with E-state index < -0.39 is 12.0 Å². The van der Waals surface area contributed by atoms with Crippen molar-refractivity contribution in [2.24, 2.45) is 0 Å². The number of carbonyl (C=O) groups is 2. The summed E-state index contributed by atoms with van der Waals surface area (Å²) < 4.78 is 19.7. The van der Waals surface area contributed by atoms with Crippen molar-refractivity contribution in [3.05, 3.63) is 102 Å². The number of carbonyl (C=O) groups excluding carboxylic acids is 2. The summed E-state index contributed by atoms with van der Waals surface area (Å²) in [4.78, 5) is 29.5. The van der Waals surface area contributed by atoms with Crippen LogP contribution < -0.4 is 14.4 Å². The molecule has 0 spiro atoms. The second-order valence-electron chi connectivity index (χ2n) is 7.29. The van der Waals surface area contributed by atoms with Crippen LogP contribution in [0.5, 0.6) is 5.75 Å². The largest absolute Gasteiger partial charge is 0.423 e. The molecule has 0 aliphatic heterocycles. The van der Waals surface area contributed by atoms with Gasteiger partial charge in [0.1, 0.15) is 11.6 Å².